The van der Waals surface area contributed by atoms with Gasteiger partial charge in [0.15, 0.2) is 0 Å². The Kier molecular flexibility index (Phi) is 9.13. The maximum atomic E-state index is 15.0. The minimum atomic E-state index is -1.17. The Morgan fingerprint density at radius 3 is 2.27 bits per heavy atom. The highest BCUT2D eigenvalue weighted by molar-refractivity contribution is 6.03. The number of ketones is 1. The number of hydrogen-bond donors (Lipinski definition) is 5. The zero-order valence-corrected chi connectivity index (χ0v) is 31.0. The van der Waals surface area contributed by atoms with Gasteiger partial charge < -0.3 is 26.4 Å². The fourth-order valence-corrected chi connectivity index (χ4v) is 11.0. The molecule has 5 aliphatic carbocycles. The molecule has 7 atom stereocenters. The normalized spacial score (nSPS) is 31.3. The number of carbonyl (C=O) groups excluding carboxylic acids is 4. The lowest BCUT2D eigenvalue weighted by Crippen LogP contribution is -2.61. The number of aliphatic hydroxyl groups is 1. The molecule has 7 rings (SSSR count). The van der Waals surface area contributed by atoms with Crippen molar-refractivity contribution in [3.05, 3.63) is 35.6 Å². The van der Waals surface area contributed by atoms with Gasteiger partial charge in [0.1, 0.15) is 24.6 Å². The van der Waals surface area contributed by atoms with Gasteiger partial charge in [0, 0.05) is 29.9 Å². The SMILES string of the molecule is CC(C)(C)[C@H](NC(=O)[C@@H](NC(O)c1cncnc1)C1CCCCC1)C(=O)N1CC2(C[C@H]1C(=O)NC1CC3CCC3=C(N)C1=O)C(C)(C)C21CCC1. The Balaban J connectivity index is 1.15. The van der Waals surface area contributed by atoms with Crippen LogP contribution in [0.15, 0.2) is 30.0 Å². The maximum absolute atomic E-state index is 15.0. The van der Waals surface area contributed by atoms with E-state index in [4.69, 9.17) is 5.73 Å². The van der Waals surface area contributed by atoms with E-state index in [1.165, 1.54) is 18.7 Å². The summed E-state index contributed by atoms with van der Waals surface area (Å²) >= 11 is 0. The van der Waals surface area contributed by atoms with Crippen molar-refractivity contribution in [1.29, 1.82) is 0 Å². The first kappa shape index (κ1) is 36.0. The summed E-state index contributed by atoms with van der Waals surface area (Å²) in [6.45, 7) is 10.8. The van der Waals surface area contributed by atoms with Gasteiger partial charge in [-0.1, -0.05) is 60.3 Å². The van der Waals surface area contributed by atoms with Crippen molar-refractivity contribution >= 4 is 23.5 Å². The predicted octanol–water partition coefficient (Wildman–Crippen LogP) is 3.41. The van der Waals surface area contributed by atoms with E-state index >= 15 is 0 Å². The molecule has 12 heteroatoms. The average Bonchev–Trinajstić information content (AvgIpc) is 3.28. The van der Waals surface area contributed by atoms with E-state index in [0.717, 1.165) is 69.8 Å². The standard InChI is InChI=1S/C39H57N7O5/c1-36(2,3)31(45-34(50)29(22-10-7-6-8-11-22)44-32(48)24-18-41-21-42-19-24)35(51)46-20-39(37(4,5)38(39)14-9-15-38)17-27(46)33(49)43-26-16-23-12-13-25(23)28(40)30(26)47/h18-19,21-23,26-27,29,31-32,44,48H,6-17,20,40H2,1-5H3,(H,43,49)(H,45,50)/t23?,26?,27-,29-,31+,32?,39?/m0/s1. The lowest BCUT2D eigenvalue weighted by molar-refractivity contribution is -0.145. The molecule has 1 saturated heterocycles. The number of nitrogens with zero attached hydrogens (tertiary/aromatic N) is 3. The molecule has 12 nitrogen and oxygen atoms in total. The van der Waals surface area contributed by atoms with Crippen LogP contribution < -0.4 is 21.7 Å². The smallest absolute Gasteiger partial charge is 0.246 e. The van der Waals surface area contributed by atoms with Crippen LogP contribution in [0.5, 0.6) is 0 Å². The molecule has 1 aliphatic heterocycles. The van der Waals surface area contributed by atoms with Crippen molar-refractivity contribution in [2.45, 2.75) is 142 Å². The Labute approximate surface area is 301 Å². The third kappa shape index (κ3) is 5.79. The van der Waals surface area contributed by atoms with Gasteiger partial charge >= 0.3 is 0 Å². The van der Waals surface area contributed by atoms with Gasteiger partial charge in [0.2, 0.25) is 23.5 Å². The Morgan fingerprint density at radius 2 is 1.71 bits per heavy atom. The van der Waals surface area contributed by atoms with Crippen molar-refractivity contribution in [1.82, 2.24) is 30.8 Å². The highest BCUT2D eigenvalue weighted by Gasteiger charge is 2.85. The van der Waals surface area contributed by atoms with Gasteiger partial charge in [-0.3, -0.25) is 24.5 Å². The summed E-state index contributed by atoms with van der Waals surface area (Å²) in [5.41, 5.74) is 7.11. The summed E-state index contributed by atoms with van der Waals surface area (Å²) in [7, 11) is 0. The second-order valence-electron chi connectivity index (χ2n) is 18.1. The molecule has 6 N–H and O–H groups in total. The van der Waals surface area contributed by atoms with E-state index in [1.54, 1.807) is 4.90 Å². The Morgan fingerprint density at radius 1 is 1.02 bits per heavy atom. The minimum Gasteiger partial charge on any atom is -0.396 e. The lowest BCUT2D eigenvalue weighted by atomic mass is 9.69. The molecule has 1 aromatic rings. The van der Waals surface area contributed by atoms with Gasteiger partial charge in [0.05, 0.1) is 17.8 Å². The molecule has 4 saturated carbocycles. The van der Waals surface area contributed by atoms with Crippen LogP contribution in [0.1, 0.15) is 123 Å². The van der Waals surface area contributed by atoms with E-state index < -0.39 is 35.8 Å². The highest BCUT2D eigenvalue weighted by atomic mass is 16.3. The number of likely N-dealkylation sites (tertiary alicyclic amines) is 1. The molecule has 6 aliphatic rings. The summed E-state index contributed by atoms with van der Waals surface area (Å²) < 4.78 is 0. The third-order valence-corrected chi connectivity index (χ3v) is 14.5. The zero-order valence-electron chi connectivity index (χ0n) is 31.0. The molecule has 4 unspecified atom stereocenters. The van der Waals surface area contributed by atoms with Crippen LogP contribution in [0, 0.1) is 33.5 Å². The lowest BCUT2D eigenvalue weighted by Gasteiger charge is -2.39. The summed E-state index contributed by atoms with van der Waals surface area (Å²) in [5.74, 6) is -0.999. The van der Waals surface area contributed by atoms with E-state index in [9.17, 15) is 24.3 Å². The van der Waals surface area contributed by atoms with Crippen molar-refractivity contribution in [2.24, 2.45) is 39.2 Å². The number of aromatic nitrogens is 2. The number of carbonyl (C=O) groups is 4. The van der Waals surface area contributed by atoms with Gasteiger partial charge in [-0.15, -0.1) is 0 Å². The fourth-order valence-electron chi connectivity index (χ4n) is 11.0. The van der Waals surface area contributed by atoms with Gasteiger partial charge in [-0.05, 0) is 85.0 Å². The molecule has 51 heavy (non-hydrogen) atoms. The maximum Gasteiger partial charge on any atom is 0.246 e. The molecule has 278 valence electrons. The Hall–Kier alpha value is -3.38. The van der Waals surface area contributed by atoms with E-state index in [-0.39, 0.29) is 57.3 Å². The average molecular weight is 704 g/mol. The number of fused-ring (bicyclic) bond motifs is 2. The first-order chi connectivity index (χ1) is 24.1. The summed E-state index contributed by atoms with van der Waals surface area (Å²) in [6.07, 6.45) is 14.1. The van der Waals surface area contributed by atoms with Crippen molar-refractivity contribution in [3.8, 4) is 0 Å². The number of rotatable bonds is 9. The number of amides is 3. The van der Waals surface area contributed by atoms with Crippen molar-refractivity contribution in [2.75, 3.05) is 6.54 Å². The first-order valence-electron chi connectivity index (χ1n) is 19.2. The van der Waals surface area contributed by atoms with Crippen LogP contribution in [0.2, 0.25) is 0 Å². The van der Waals surface area contributed by atoms with Gasteiger partial charge in [0.25, 0.3) is 0 Å². The number of Topliss-reactive ketones (excluding diaryl/α,β-unsaturated/α-hetero) is 1. The number of aliphatic hydroxyl groups excluding tert-OH is 1. The number of nitrogens with two attached hydrogens (primary N) is 1. The van der Waals surface area contributed by atoms with E-state index in [2.05, 4.69) is 39.8 Å². The number of allylic oxidation sites excluding steroid dienone is 1. The summed E-state index contributed by atoms with van der Waals surface area (Å²) in [5, 5.41) is 20.4. The largest absolute Gasteiger partial charge is 0.396 e. The van der Waals surface area contributed by atoms with Crippen LogP contribution >= 0.6 is 0 Å². The highest BCUT2D eigenvalue weighted by Crippen LogP contribution is 2.88. The van der Waals surface area contributed by atoms with Crippen LogP contribution in [-0.2, 0) is 19.2 Å². The monoisotopic (exact) mass is 703 g/mol. The van der Waals surface area contributed by atoms with Gasteiger partial charge in [-0.2, -0.15) is 0 Å². The molecule has 0 radical (unpaired) electrons. The van der Waals surface area contributed by atoms with Crippen LogP contribution in [-0.4, -0.2) is 74.2 Å². The molecule has 2 spiro atoms. The second kappa shape index (κ2) is 12.9. The summed E-state index contributed by atoms with van der Waals surface area (Å²) in [6, 6.07) is -3.17. The van der Waals surface area contributed by atoms with Crippen LogP contribution in [0.4, 0.5) is 0 Å². The predicted molar refractivity (Wildman–Crippen MR) is 190 cm³/mol. The van der Waals surface area contributed by atoms with Crippen molar-refractivity contribution in [3.63, 3.8) is 0 Å². The third-order valence-electron chi connectivity index (χ3n) is 14.5. The molecule has 2 heterocycles. The zero-order chi connectivity index (χ0) is 36.5. The molecule has 0 aromatic carbocycles. The molecular weight excluding hydrogens is 646 g/mol. The molecular formula is C39H57N7O5. The summed E-state index contributed by atoms with van der Waals surface area (Å²) in [4.78, 5) is 66.7. The quantitative estimate of drug-likeness (QED) is 0.241. The molecule has 1 aromatic heterocycles. The molecule has 0 bridgehead atoms. The molecule has 5 fully saturated rings. The Bertz CT molecular complexity index is 1590. The minimum absolute atomic E-state index is 0.0289. The van der Waals surface area contributed by atoms with E-state index in [1.807, 2.05) is 20.8 Å². The fraction of sp³-hybridized carbons (Fsp3) is 0.744. The van der Waals surface area contributed by atoms with Crippen LogP contribution in [0.25, 0.3) is 0 Å². The first-order valence-corrected chi connectivity index (χ1v) is 19.2. The molecule has 3 amide bonds. The topological polar surface area (TPSA) is 180 Å². The van der Waals surface area contributed by atoms with E-state index in [0.29, 0.717) is 24.9 Å². The number of nitrogens with one attached hydrogen (secondary N) is 3. The van der Waals surface area contributed by atoms with Crippen LogP contribution in [0.3, 0.4) is 0 Å². The van der Waals surface area contributed by atoms with Gasteiger partial charge in [-0.25, -0.2) is 9.97 Å². The second-order valence-corrected chi connectivity index (χ2v) is 18.1. The number of hydrogen-bond acceptors (Lipinski definition) is 9. The van der Waals surface area contributed by atoms with Crippen molar-refractivity contribution < 1.29 is 24.3 Å².